The van der Waals surface area contributed by atoms with Crippen LogP contribution in [0.25, 0.3) is 0 Å². The Morgan fingerprint density at radius 1 is 1.57 bits per heavy atom. The SMILES string of the molecule is N[C@H](C(=O)O)c1ccc2c(c1)CCN2. The minimum atomic E-state index is -0.990. The number of nitrogens with one attached hydrogen (secondary N) is 1. The number of aliphatic carboxylic acids is 1. The number of anilines is 1. The summed E-state index contributed by atoms with van der Waals surface area (Å²) in [7, 11) is 0. The predicted octanol–water partition coefficient (Wildman–Crippen LogP) is 0.739. The summed E-state index contributed by atoms with van der Waals surface area (Å²) < 4.78 is 0. The van der Waals surface area contributed by atoms with E-state index in [-0.39, 0.29) is 0 Å². The second-order valence-corrected chi connectivity index (χ2v) is 3.41. The van der Waals surface area contributed by atoms with Gasteiger partial charge in [0.15, 0.2) is 0 Å². The lowest BCUT2D eigenvalue weighted by Crippen LogP contribution is -2.20. The van der Waals surface area contributed by atoms with Gasteiger partial charge in [-0.3, -0.25) is 4.79 Å². The van der Waals surface area contributed by atoms with Crippen LogP contribution in [0.2, 0.25) is 0 Å². The van der Waals surface area contributed by atoms with Crippen LogP contribution in [0.5, 0.6) is 0 Å². The highest BCUT2D eigenvalue weighted by molar-refractivity contribution is 5.76. The van der Waals surface area contributed by atoms with E-state index in [1.165, 1.54) is 0 Å². The zero-order valence-corrected chi connectivity index (χ0v) is 7.66. The molecule has 1 heterocycles. The summed E-state index contributed by atoms with van der Waals surface area (Å²) in [5.74, 6) is -0.990. The number of hydrogen-bond donors (Lipinski definition) is 3. The lowest BCUT2D eigenvalue weighted by atomic mass is 10.0. The summed E-state index contributed by atoms with van der Waals surface area (Å²) in [5.41, 5.74) is 8.42. The third-order valence-corrected chi connectivity index (χ3v) is 2.46. The highest BCUT2D eigenvalue weighted by Crippen LogP contribution is 2.25. The molecule has 0 aromatic heterocycles. The van der Waals surface area contributed by atoms with Crippen molar-refractivity contribution in [3.8, 4) is 0 Å². The minimum absolute atomic E-state index is 0.667. The zero-order chi connectivity index (χ0) is 10.1. The first kappa shape index (κ1) is 9.02. The van der Waals surface area contributed by atoms with Gasteiger partial charge in [-0.1, -0.05) is 12.1 Å². The van der Waals surface area contributed by atoms with Crippen molar-refractivity contribution in [3.05, 3.63) is 29.3 Å². The van der Waals surface area contributed by atoms with Gasteiger partial charge >= 0.3 is 5.97 Å². The summed E-state index contributed by atoms with van der Waals surface area (Å²) >= 11 is 0. The van der Waals surface area contributed by atoms with E-state index in [1.807, 2.05) is 12.1 Å². The molecule has 0 radical (unpaired) electrons. The van der Waals surface area contributed by atoms with Gasteiger partial charge in [-0.05, 0) is 23.6 Å². The number of carbonyl (C=O) groups is 1. The molecular formula is C10H12N2O2. The predicted molar refractivity (Wildman–Crippen MR) is 53.2 cm³/mol. The van der Waals surface area contributed by atoms with Crippen molar-refractivity contribution in [3.63, 3.8) is 0 Å². The molecule has 2 rings (SSSR count). The molecule has 0 spiro atoms. The molecule has 14 heavy (non-hydrogen) atoms. The summed E-state index contributed by atoms with van der Waals surface area (Å²) in [5, 5.41) is 12.0. The monoisotopic (exact) mass is 192 g/mol. The number of nitrogens with two attached hydrogens (primary N) is 1. The topological polar surface area (TPSA) is 75.4 Å². The van der Waals surface area contributed by atoms with Crippen LogP contribution >= 0.6 is 0 Å². The Morgan fingerprint density at radius 3 is 3.07 bits per heavy atom. The van der Waals surface area contributed by atoms with Gasteiger partial charge in [0.05, 0.1) is 0 Å². The summed E-state index contributed by atoms with van der Waals surface area (Å²) in [6, 6.07) is 4.60. The van der Waals surface area contributed by atoms with Crippen molar-refractivity contribution in [2.24, 2.45) is 5.73 Å². The molecule has 1 aromatic rings. The molecular weight excluding hydrogens is 180 g/mol. The van der Waals surface area contributed by atoms with E-state index in [0.717, 1.165) is 24.2 Å². The zero-order valence-electron chi connectivity index (χ0n) is 7.66. The van der Waals surface area contributed by atoms with Gasteiger partial charge in [0.1, 0.15) is 6.04 Å². The number of carboxylic acids is 1. The van der Waals surface area contributed by atoms with Crippen LogP contribution in [0.1, 0.15) is 17.2 Å². The first-order chi connectivity index (χ1) is 6.68. The largest absolute Gasteiger partial charge is 0.480 e. The molecule has 0 aliphatic carbocycles. The summed E-state index contributed by atoms with van der Waals surface area (Å²) in [4.78, 5) is 10.7. The van der Waals surface area contributed by atoms with Crippen molar-refractivity contribution in [2.75, 3.05) is 11.9 Å². The fourth-order valence-electron chi connectivity index (χ4n) is 1.66. The minimum Gasteiger partial charge on any atom is -0.480 e. The van der Waals surface area contributed by atoms with Crippen molar-refractivity contribution in [2.45, 2.75) is 12.5 Å². The summed E-state index contributed by atoms with van der Waals surface area (Å²) in [6.07, 6.45) is 0.940. The number of hydrogen-bond acceptors (Lipinski definition) is 3. The van der Waals surface area contributed by atoms with Gasteiger partial charge < -0.3 is 16.2 Å². The number of rotatable bonds is 2. The van der Waals surface area contributed by atoms with E-state index in [2.05, 4.69) is 5.32 Å². The Balaban J connectivity index is 2.33. The Bertz CT molecular complexity index is 376. The third kappa shape index (κ3) is 1.44. The van der Waals surface area contributed by atoms with Gasteiger partial charge in [0, 0.05) is 12.2 Å². The van der Waals surface area contributed by atoms with E-state index >= 15 is 0 Å². The molecule has 4 nitrogen and oxygen atoms in total. The van der Waals surface area contributed by atoms with Gasteiger partial charge in [0.25, 0.3) is 0 Å². The van der Waals surface area contributed by atoms with Gasteiger partial charge in [-0.2, -0.15) is 0 Å². The Labute approximate surface area is 81.7 Å². The number of carboxylic acid groups (broad SMARTS) is 1. The fraction of sp³-hybridized carbons (Fsp3) is 0.300. The van der Waals surface area contributed by atoms with Crippen LogP contribution in [0, 0.1) is 0 Å². The summed E-state index contributed by atoms with van der Waals surface area (Å²) in [6.45, 7) is 0.918. The molecule has 1 aliphatic heterocycles. The average Bonchev–Trinajstić information content (AvgIpc) is 2.62. The highest BCUT2D eigenvalue weighted by atomic mass is 16.4. The van der Waals surface area contributed by atoms with E-state index in [4.69, 9.17) is 10.8 Å². The second-order valence-electron chi connectivity index (χ2n) is 3.41. The maximum absolute atomic E-state index is 10.7. The molecule has 1 aliphatic rings. The Morgan fingerprint density at radius 2 is 2.36 bits per heavy atom. The molecule has 0 fully saturated rings. The van der Waals surface area contributed by atoms with E-state index in [1.54, 1.807) is 6.07 Å². The van der Waals surface area contributed by atoms with Gasteiger partial charge in [-0.15, -0.1) is 0 Å². The lowest BCUT2D eigenvalue weighted by molar-refractivity contribution is -0.138. The van der Waals surface area contributed by atoms with Gasteiger partial charge in [-0.25, -0.2) is 0 Å². The third-order valence-electron chi connectivity index (χ3n) is 2.46. The molecule has 4 heteroatoms. The quantitative estimate of drug-likeness (QED) is 0.646. The molecule has 1 aromatic carbocycles. The number of fused-ring (bicyclic) bond motifs is 1. The molecule has 74 valence electrons. The first-order valence-corrected chi connectivity index (χ1v) is 4.53. The number of benzene rings is 1. The first-order valence-electron chi connectivity index (χ1n) is 4.53. The van der Waals surface area contributed by atoms with Crippen LogP contribution in [0.3, 0.4) is 0 Å². The van der Waals surface area contributed by atoms with Crippen LogP contribution in [0.15, 0.2) is 18.2 Å². The molecule has 0 bridgehead atoms. The van der Waals surface area contributed by atoms with Crippen molar-refractivity contribution >= 4 is 11.7 Å². The fourth-order valence-corrected chi connectivity index (χ4v) is 1.66. The van der Waals surface area contributed by atoms with E-state index in [9.17, 15) is 4.79 Å². The van der Waals surface area contributed by atoms with Crippen LogP contribution in [0.4, 0.5) is 5.69 Å². The maximum Gasteiger partial charge on any atom is 0.325 e. The molecule has 4 N–H and O–H groups in total. The van der Waals surface area contributed by atoms with Crippen molar-refractivity contribution < 1.29 is 9.90 Å². The van der Waals surface area contributed by atoms with Crippen molar-refractivity contribution in [1.29, 1.82) is 0 Å². The Hall–Kier alpha value is -1.55. The molecule has 1 atom stereocenters. The smallest absolute Gasteiger partial charge is 0.325 e. The van der Waals surface area contributed by atoms with Crippen molar-refractivity contribution in [1.82, 2.24) is 0 Å². The van der Waals surface area contributed by atoms with Crippen LogP contribution in [-0.4, -0.2) is 17.6 Å². The normalized spacial score (nSPS) is 15.8. The second kappa shape index (κ2) is 3.31. The lowest BCUT2D eigenvalue weighted by Gasteiger charge is -2.08. The maximum atomic E-state index is 10.7. The van der Waals surface area contributed by atoms with E-state index < -0.39 is 12.0 Å². The standard InChI is InChI=1S/C10H12N2O2/c11-9(10(13)14)7-1-2-8-6(5-7)3-4-12-8/h1-2,5,9,12H,3-4,11H2,(H,13,14)/t9-/m0/s1. The molecule has 0 saturated heterocycles. The van der Waals surface area contributed by atoms with E-state index in [0.29, 0.717) is 5.56 Å². The van der Waals surface area contributed by atoms with Crippen LogP contribution < -0.4 is 11.1 Å². The van der Waals surface area contributed by atoms with Gasteiger partial charge in [0.2, 0.25) is 0 Å². The highest BCUT2D eigenvalue weighted by Gasteiger charge is 2.17. The average molecular weight is 192 g/mol. The molecule has 0 saturated carbocycles. The molecule has 0 amide bonds. The molecule has 0 unspecified atom stereocenters. The van der Waals surface area contributed by atoms with Crippen LogP contribution in [-0.2, 0) is 11.2 Å². The Kier molecular flexibility index (Phi) is 2.13.